The van der Waals surface area contributed by atoms with Crippen LogP contribution in [0.25, 0.3) is 0 Å². The number of benzene rings is 2. The van der Waals surface area contributed by atoms with E-state index in [9.17, 15) is 18.7 Å². The van der Waals surface area contributed by atoms with Gasteiger partial charge in [0.25, 0.3) is 0 Å². The van der Waals surface area contributed by atoms with Crippen molar-refractivity contribution in [3.05, 3.63) is 58.7 Å². The highest BCUT2D eigenvalue weighted by Crippen LogP contribution is 2.39. The van der Waals surface area contributed by atoms with Crippen LogP contribution < -0.4 is 4.74 Å². The molecule has 0 aromatic heterocycles. The number of phenols is 1. The van der Waals surface area contributed by atoms with E-state index in [0.29, 0.717) is 5.56 Å². The van der Waals surface area contributed by atoms with Crippen molar-refractivity contribution < 1.29 is 23.4 Å². The molecule has 3 rings (SSSR count). The Labute approximate surface area is 189 Å². The van der Waals surface area contributed by atoms with E-state index >= 15 is 0 Å². The molecule has 0 saturated heterocycles. The third-order valence-corrected chi connectivity index (χ3v) is 6.61. The Morgan fingerprint density at radius 3 is 2.47 bits per heavy atom. The number of hydrogen-bond acceptors (Lipinski definition) is 3. The van der Waals surface area contributed by atoms with E-state index in [0.717, 1.165) is 37.2 Å². The van der Waals surface area contributed by atoms with Gasteiger partial charge in [0, 0.05) is 6.42 Å². The quantitative estimate of drug-likeness (QED) is 0.308. The summed E-state index contributed by atoms with van der Waals surface area (Å²) < 4.78 is 34.2. The number of aromatic hydroxyl groups is 1. The first-order valence-corrected chi connectivity index (χ1v) is 11.9. The fraction of sp³-hybridized carbons (Fsp3) is 0.519. The molecule has 0 unspecified atom stereocenters. The van der Waals surface area contributed by atoms with Crippen LogP contribution in [0.5, 0.6) is 11.5 Å². The van der Waals surface area contributed by atoms with Gasteiger partial charge in [-0.05, 0) is 73.8 Å². The molecule has 2 aromatic rings. The number of hydrogen-bond donors (Lipinski definition) is 1. The summed E-state index contributed by atoms with van der Waals surface area (Å²) in [5.74, 6) is -1.54. The van der Waals surface area contributed by atoms with Crippen molar-refractivity contribution in [1.82, 2.24) is 0 Å². The van der Waals surface area contributed by atoms with Crippen LogP contribution in [0, 0.1) is 17.6 Å². The van der Waals surface area contributed by atoms with E-state index in [4.69, 9.17) is 4.74 Å². The molecule has 0 amide bonds. The monoisotopic (exact) mass is 444 g/mol. The summed E-state index contributed by atoms with van der Waals surface area (Å²) in [6, 6.07) is 7.64. The third-order valence-electron chi connectivity index (χ3n) is 6.61. The second-order valence-electron chi connectivity index (χ2n) is 8.88. The molecule has 0 aliphatic heterocycles. The highest BCUT2D eigenvalue weighted by atomic mass is 19.1. The number of ketones is 1. The zero-order valence-electron chi connectivity index (χ0n) is 19.1. The van der Waals surface area contributed by atoms with Crippen molar-refractivity contribution in [2.24, 2.45) is 5.92 Å². The lowest BCUT2D eigenvalue weighted by molar-refractivity contribution is 0.0989. The van der Waals surface area contributed by atoms with Gasteiger partial charge in [-0.15, -0.1) is 0 Å². The predicted molar refractivity (Wildman–Crippen MR) is 123 cm³/mol. The molecule has 2 aromatic carbocycles. The zero-order valence-corrected chi connectivity index (χ0v) is 19.1. The minimum Gasteiger partial charge on any atom is -0.504 e. The van der Waals surface area contributed by atoms with Crippen LogP contribution in [0.3, 0.4) is 0 Å². The summed E-state index contributed by atoms with van der Waals surface area (Å²) in [5, 5.41) is 10.1. The first-order chi connectivity index (χ1) is 15.4. The van der Waals surface area contributed by atoms with Gasteiger partial charge in [-0.2, -0.15) is 4.39 Å². The lowest BCUT2D eigenvalue weighted by Gasteiger charge is -2.29. The highest BCUT2D eigenvalue weighted by Gasteiger charge is 2.25. The molecule has 5 heteroatoms. The summed E-state index contributed by atoms with van der Waals surface area (Å²) >= 11 is 0. The molecule has 1 N–H and O–H groups in total. The van der Waals surface area contributed by atoms with E-state index in [2.05, 4.69) is 6.92 Å². The molecule has 1 aliphatic carbocycles. The standard InChI is InChI=1S/C27H34F2O3/c1-3-5-6-7-18-8-11-20(12-9-18)21-13-10-19(16-23(21)28)17-24(30)22-14-15-25(32-4-2)26(29)27(22)31/h10,13-16,18,20,31H,3-9,11-12,17H2,1-2H3. The van der Waals surface area contributed by atoms with Crippen LogP contribution in [0.1, 0.15) is 92.6 Å². The lowest BCUT2D eigenvalue weighted by atomic mass is 9.76. The van der Waals surface area contributed by atoms with Crippen LogP contribution in [-0.4, -0.2) is 17.5 Å². The molecule has 1 saturated carbocycles. The average Bonchev–Trinajstić information content (AvgIpc) is 2.78. The summed E-state index contributed by atoms with van der Waals surface area (Å²) in [4.78, 5) is 12.6. The third kappa shape index (κ3) is 5.87. The Morgan fingerprint density at radius 2 is 1.81 bits per heavy atom. The topological polar surface area (TPSA) is 46.5 Å². The number of halogens is 2. The Kier molecular flexibility index (Phi) is 8.66. The van der Waals surface area contributed by atoms with Crippen LogP contribution in [0.2, 0.25) is 0 Å². The number of Topliss-reactive ketones (excluding diaryl/α,β-unsaturated/α-hetero) is 1. The highest BCUT2D eigenvalue weighted by molar-refractivity contribution is 6.00. The summed E-state index contributed by atoms with van der Waals surface area (Å²) in [5.41, 5.74) is 1.11. The van der Waals surface area contributed by atoms with Crippen molar-refractivity contribution >= 4 is 5.78 Å². The van der Waals surface area contributed by atoms with Gasteiger partial charge in [0.05, 0.1) is 12.2 Å². The fourth-order valence-electron chi connectivity index (χ4n) is 4.78. The molecule has 0 spiro atoms. The van der Waals surface area contributed by atoms with Crippen LogP contribution in [0.4, 0.5) is 8.78 Å². The minimum atomic E-state index is -0.954. The lowest BCUT2D eigenvalue weighted by Crippen LogP contribution is -2.14. The fourth-order valence-corrected chi connectivity index (χ4v) is 4.78. The van der Waals surface area contributed by atoms with E-state index in [1.165, 1.54) is 43.9 Å². The van der Waals surface area contributed by atoms with Gasteiger partial charge in [0.1, 0.15) is 5.82 Å². The van der Waals surface area contributed by atoms with Crippen LogP contribution in [-0.2, 0) is 6.42 Å². The maximum absolute atomic E-state index is 14.9. The van der Waals surface area contributed by atoms with Gasteiger partial charge < -0.3 is 9.84 Å². The number of rotatable bonds is 10. The Bertz CT molecular complexity index is 917. The molecule has 0 heterocycles. The molecule has 1 aliphatic rings. The first kappa shape index (κ1) is 24.2. The van der Waals surface area contributed by atoms with Crippen LogP contribution >= 0.6 is 0 Å². The molecular weight excluding hydrogens is 410 g/mol. The van der Waals surface area contributed by atoms with Gasteiger partial charge >= 0.3 is 0 Å². The summed E-state index contributed by atoms with van der Waals surface area (Å²) in [6.07, 6.45) is 9.30. The predicted octanol–water partition coefficient (Wildman–Crippen LogP) is 7.35. The van der Waals surface area contributed by atoms with Gasteiger partial charge in [-0.3, -0.25) is 4.79 Å². The molecular formula is C27H34F2O3. The van der Waals surface area contributed by atoms with Gasteiger partial charge in [0.15, 0.2) is 17.3 Å². The minimum absolute atomic E-state index is 0.1000. The Balaban J connectivity index is 1.62. The molecule has 0 atom stereocenters. The van der Waals surface area contributed by atoms with Gasteiger partial charge in [-0.1, -0.05) is 44.7 Å². The van der Waals surface area contributed by atoms with E-state index < -0.39 is 17.3 Å². The number of ether oxygens (including phenoxy) is 1. The molecule has 0 radical (unpaired) electrons. The van der Waals surface area contributed by atoms with Crippen molar-refractivity contribution in [2.75, 3.05) is 6.61 Å². The maximum Gasteiger partial charge on any atom is 0.207 e. The first-order valence-electron chi connectivity index (χ1n) is 11.9. The maximum atomic E-state index is 14.9. The average molecular weight is 445 g/mol. The molecule has 32 heavy (non-hydrogen) atoms. The van der Waals surface area contributed by atoms with E-state index in [1.54, 1.807) is 19.1 Å². The van der Waals surface area contributed by atoms with E-state index in [-0.39, 0.29) is 36.1 Å². The summed E-state index contributed by atoms with van der Waals surface area (Å²) in [6.45, 7) is 4.17. The number of phenolic OH excluding ortho intramolecular Hbond substituents is 1. The number of unbranched alkanes of at least 4 members (excludes halogenated alkanes) is 2. The van der Waals surface area contributed by atoms with Crippen LogP contribution in [0.15, 0.2) is 30.3 Å². The zero-order chi connectivity index (χ0) is 23.1. The normalized spacial score (nSPS) is 18.5. The molecule has 0 bridgehead atoms. The number of carbonyl (C=O) groups excluding carboxylic acids is 1. The second kappa shape index (κ2) is 11.4. The largest absolute Gasteiger partial charge is 0.504 e. The molecule has 1 fully saturated rings. The van der Waals surface area contributed by atoms with Gasteiger partial charge in [-0.25, -0.2) is 4.39 Å². The Morgan fingerprint density at radius 1 is 1.06 bits per heavy atom. The van der Waals surface area contributed by atoms with Gasteiger partial charge in [0.2, 0.25) is 5.82 Å². The number of carbonyl (C=O) groups is 1. The van der Waals surface area contributed by atoms with Crippen molar-refractivity contribution in [3.8, 4) is 11.5 Å². The SMILES string of the molecule is CCCCCC1CCC(c2ccc(CC(=O)c3ccc(OCC)c(F)c3O)cc2F)CC1. The molecule has 3 nitrogen and oxygen atoms in total. The van der Waals surface area contributed by atoms with Crippen molar-refractivity contribution in [3.63, 3.8) is 0 Å². The summed E-state index contributed by atoms with van der Waals surface area (Å²) in [7, 11) is 0. The Hall–Kier alpha value is -2.43. The smallest absolute Gasteiger partial charge is 0.207 e. The van der Waals surface area contributed by atoms with Crippen molar-refractivity contribution in [2.45, 2.75) is 77.6 Å². The van der Waals surface area contributed by atoms with E-state index in [1.807, 2.05) is 0 Å². The van der Waals surface area contributed by atoms with Crippen molar-refractivity contribution in [1.29, 1.82) is 0 Å². The second-order valence-corrected chi connectivity index (χ2v) is 8.88. The molecule has 174 valence electrons.